The third-order valence-electron chi connectivity index (χ3n) is 4.43. The molecular weight excluding hydrogens is 309 g/mol. The van der Waals surface area contributed by atoms with Crippen LogP contribution in [0.25, 0.3) is 0 Å². The van der Waals surface area contributed by atoms with Crippen molar-refractivity contribution >= 4 is 11.8 Å². The van der Waals surface area contributed by atoms with E-state index in [9.17, 15) is 14.0 Å². The highest BCUT2D eigenvalue weighted by atomic mass is 19.1. The molecule has 0 radical (unpaired) electrons. The smallest absolute Gasteiger partial charge is 0.251 e. The van der Waals surface area contributed by atoms with Crippen molar-refractivity contribution in [3.63, 3.8) is 0 Å². The highest BCUT2D eigenvalue weighted by Gasteiger charge is 2.28. The zero-order valence-corrected chi connectivity index (χ0v) is 14.4. The molecule has 2 amide bonds. The summed E-state index contributed by atoms with van der Waals surface area (Å²) in [6.07, 6.45) is 3.66. The number of nitrogens with one attached hydrogen (secondary N) is 2. The average molecular weight is 335 g/mol. The molecule has 0 spiro atoms. The summed E-state index contributed by atoms with van der Waals surface area (Å²) < 4.78 is 13.1. The van der Waals surface area contributed by atoms with Crippen LogP contribution in [0.2, 0.25) is 0 Å². The van der Waals surface area contributed by atoms with Crippen molar-refractivity contribution < 1.29 is 14.0 Å². The number of likely N-dealkylation sites (tertiary alicyclic amines) is 1. The average Bonchev–Trinajstić information content (AvgIpc) is 2.58. The molecule has 1 fully saturated rings. The third kappa shape index (κ3) is 5.30. The van der Waals surface area contributed by atoms with Crippen LogP contribution in [0.5, 0.6) is 0 Å². The molecule has 2 rings (SSSR count). The molecular formula is C18H26FN3O2. The van der Waals surface area contributed by atoms with Gasteiger partial charge in [-0.3, -0.25) is 14.5 Å². The Balaban J connectivity index is 1.75. The van der Waals surface area contributed by atoms with E-state index >= 15 is 0 Å². The normalized spacial score (nSPS) is 15.8. The number of hydrogen-bond acceptors (Lipinski definition) is 3. The first-order valence-electron chi connectivity index (χ1n) is 8.44. The number of amides is 2. The number of hydrogen-bond donors (Lipinski definition) is 2. The van der Waals surface area contributed by atoms with Crippen molar-refractivity contribution in [2.75, 3.05) is 26.2 Å². The molecule has 0 unspecified atom stereocenters. The summed E-state index contributed by atoms with van der Waals surface area (Å²) in [4.78, 5) is 26.2. The van der Waals surface area contributed by atoms with Gasteiger partial charge in [0.15, 0.2) is 0 Å². The molecule has 5 nitrogen and oxygen atoms in total. The van der Waals surface area contributed by atoms with Gasteiger partial charge in [0.05, 0.1) is 6.54 Å². The fourth-order valence-electron chi connectivity index (χ4n) is 2.88. The van der Waals surface area contributed by atoms with Crippen molar-refractivity contribution in [2.24, 2.45) is 0 Å². The Hall–Kier alpha value is -1.95. The molecule has 2 N–H and O–H groups in total. The van der Waals surface area contributed by atoms with Gasteiger partial charge in [-0.2, -0.15) is 0 Å². The van der Waals surface area contributed by atoms with Gasteiger partial charge in [0.25, 0.3) is 5.91 Å². The van der Waals surface area contributed by atoms with Gasteiger partial charge in [-0.05, 0) is 58.0 Å². The summed E-state index contributed by atoms with van der Waals surface area (Å²) in [5, 5.41) is 5.38. The highest BCUT2D eigenvalue weighted by Crippen LogP contribution is 2.19. The Morgan fingerprint density at radius 3 is 2.54 bits per heavy atom. The maximum atomic E-state index is 13.1. The Morgan fingerprint density at radius 2 is 1.88 bits per heavy atom. The molecule has 1 aromatic rings. The quantitative estimate of drug-likeness (QED) is 0.835. The number of halogens is 1. The maximum Gasteiger partial charge on any atom is 0.251 e. The van der Waals surface area contributed by atoms with Gasteiger partial charge in [0.1, 0.15) is 5.82 Å². The second-order valence-electron chi connectivity index (χ2n) is 6.83. The fourth-order valence-corrected chi connectivity index (χ4v) is 2.88. The van der Waals surface area contributed by atoms with Crippen LogP contribution < -0.4 is 10.6 Å². The molecule has 0 aromatic heterocycles. The van der Waals surface area contributed by atoms with E-state index < -0.39 is 11.7 Å². The van der Waals surface area contributed by atoms with Crippen molar-refractivity contribution in [2.45, 2.75) is 38.6 Å². The SMILES string of the molecule is CC(C)(CNC(=O)CNC(=O)c1cccc(F)c1)N1CCCCC1. The predicted molar refractivity (Wildman–Crippen MR) is 91.2 cm³/mol. The molecule has 132 valence electrons. The molecule has 1 saturated heterocycles. The van der Waals surface area contributed by atoms with Crippen molar-refractivity contribution in [3.8, 4) is 0 Å². The fraction of sp³-hybridized carbons (Fsp3) is 0.556. The second-order valence-corrected chi connectivity index (χ2v) is 6.83. The van der Waals surface area contributed by atoms with Crippen molar-refractivity contribution in [1.82, 2.24) is 15.5 Å². The van der Waals surface area contributed by atoms with Crippen LogP contribution in [-0.2, 0) is 4.79 Å². The largest absolute Gasteiger partial charge is 0.353 e. The van der Waals surface area contributed by atoms with E-state index in [1.54, 1.807) is 0 Å². The van der Waals surface area contributed by atoms with Crippen LogP contribution in [0.4, 0.5) is 4.39 Å². The van der Waals surface area contributed by atoms with Gasteiger partial charge in [0.2, 0.25) is 5.91 Å². The molecule has 1 aliphatic heterocycles. The Labute approximate surface area is 142 Å². The van der Waals surface area contributed by atoms with Gasteiger partial charge in [-0.1, -0.05) is 12.5 Å². The summed E-state index contributed by atoms with van der Waals surface area (Å²) in [7, 11) is 0. The number of piperidine rings is 1. The van der Waals surface area contributed by atoms with Gasteiger partial charge in [-0.15, -0.1) is 0 Å². The van der Waals surface area contributed by atoms with Crippen molar-refractivity contribution in [1.29, 1.82) is 0 Å². The molecule has 0 saturated carbocycles. The van der Waals surface area contributed by atoms with Crippen LogP contribution >= 0.6 is 0 Å². The Morgan fingerprint density at radius 1 is 1.17 bits per heavy atom. The van der Waals surface area contributed by atoms with E-state index in [0.29, 0.717) is 6.54 Å². The molecule has 0 atom stereocenters. The van der Waals surface area contributed by atoms with Gasteiger partial charge < -0.3 is 10.6 Å². The minimum absolute atomic E-state index is 0.108. The molecule has 0 bridgehead atoms. The van der Waals surface area contributed by atoms with Crippen LogP contribution in [0.3, 0.4) is 0 Å². The molecule has 24 heavy (non-hydrogen) atoms. The van der Waals surface area contributed by atoms with Crippen molar-refractivity contribution in [3.05, 3.63) is 35.6 Å². The second kappa shape index (κ2) is 8.24. The Kier molecular flexibility index (Phi) is 6.31. The minimum Gasteiger partial charge on any atom is -0.353 e. The van der Waals surface area contributed by atoms with E-state index in [2.05, 4.69) is 29.4 Å². The predicted octanol–water partition coefficient (Wildman–Crippen LogP) is 1.94. The van der Waals surface area contributed by atoms with Crippen LogP contribution in [0.1, 0.15) is 43.5 Å². The standard InChI is InChI=1S/C18H26FN3O2/c1-18(2,22-9-4-3-5-10-22)13-21-16(23)12-20-17(24)14-7-6-8-15(19)11-14/h6-8,11H,3-5,9-10,12-13H2,1-2H3,(H,20,24)(H,21,23). The Bertz CT molecular complexity index is 583. The lowest BCUT2D eigenvalue weighted by atomic mass is 9.98. The summed E-state index contributed by atoms with van der Waals surface area (Å²) in [5.74, 6) is -1.18. The molecule has 6 heteroatoms. The molecule has 1 aromatic carbocycles. The van der Waals surface area contributed by atoms with Crippen LogP contribution in [0, 0.1) is 5.82 Å². The first-order chi connectivity index (χ1) is 11.4. The highest BCUT2D eigenvalue weighted by molar-refractivity contribution is 5.96. The van der Waals surface area contributed by atoms with E-state index in [1.165, 1.54) is 37.5 Å². The summed E-state index contributed by atoms with van der Waals surface area (Å²) in [5.41, 5.74) is 0.0966. The minimum atomic E-state index is -0.476. The lowest BCUT2D eigenvalue weighted by molar-refractivity contribution is -0.120. The first kappa shape index (κ1) is 18.4. The van der Waals surface area contributed by atoms with Gasteiger partial charge >= 0.3 is 0 Å². The summed E-state index contributed by atoms with van der Waals surface area (Å²) in [6.45, 7) is 6.75. The number of carbonyl (C=O) groups is 2. The van der Waals surface area contributed by atoms with Gasteiger partial charge in [0, 0.05) is 17.6 Å². The maximum absolute atomic E-state index is 13.1. The lowest BCUT2D eigenvalue weighted by Crippen LogP contribution is -2.54. The monoisotopic (exact) mass is 335 g/mol. The van der Waals surface area contributed by atoms with E-state index in [-0.39, 0.29) is 23.6 Å². The molecule has 1 heterocycles. The first-order valence-corrected chi connectivity index (χ1v) is 8.44. The van der Waals surface area contributed by atoms with E-state index in [4.69, 9.17) is 0 Å². The lowest BCUT2D eigenvalue weighted by Gasteiger charge is -2.41. The number of carbonyl (C=O) groups excluding carboxylic acids is 2. The number of rotatable bonds is 6. The molecule has 1 aliphatic rings. The van der Waals surface area contributed by atoms with Crippen LogP contribution in [-0.4, -0.2) is 48.4 Å². The zero-order chi connectivity index (χ0) is 17.6. The number of nitrogens with zero attached hydrogens (tertiary/aromatic N) is 1. The van der Waals surface area contributed by atoms with Crippen LogP contribution in [0.15, 0.2) is 24.3 Å². The number of benzene rings is 1. The topological polar surface area (TPSA) is 61.4 Å². The molecule has 0 aliphatic carbocycles. The van der Waals surface area contributed by atoms with Gasteiger partial charge in [-0.25, -0.2) is 4.39 Å². The van der Waals surface area contributed by atoms with E-state index in [1.807, 2.05) is 0 Å². The zero-order valence-electron chi connectivity index (χ0n) is 14.4. The van der Waals surface area contributed by atoms with E-state index in [0.717, 1.165) is 19.2 Å². The summed E-state index contributed by atoms with van der Waals surface area (Å²) in [6, 6.07) is 5.39. The third-order valence-corrected chi connectivity index (χ3v) is 4.43. The summed E-state index contributed by atoms with van der Waals surface area (Å²) >= 11 is 0.